The molecule has 0 radical (unpaired) electrons. The van der Waals surface area contributed by atoms with Gasteiger partial charge < -0.3 is 10.6 Å². The van der Waals surface area contributed by atoms with Gasteiger partial charge in [-0.25, -0.2) is 0 Å². The molecule has 1 saturated carbocycles. The normalized spacial score (nSPS) is 18.0. The summed E-state index contributed by atoms with van der Waals surface area (Å²) in [5.74, 6) is -0.251. The molecule has 2 aliphatic rings. The molecule has 0 aromatic heterocycles. The second kappa shape index (κ2) is 8.72. The van der Waals surface area contributed by atoms with Crippen LogP contribution in [-0.2, 0) is 16.0 Å². The number of rotatable bonds is 8. The second-order valence-electron chi connectivity index (χ2n) is 7.33. The molecule has 2 amide bonds. The third-order valence-corrected chi connectivity index (χ3v) is 5.60. The van der Waals surface area contributed by atoms with Gasteiger partial charge in [0.25, 0.3) is 0 Å². The minimum Gasteiger partial charge on any atom is -0.355 e. The van der Waals surface area contributed by atoms with Crippen LogP contribution in [0.5, 0.6) is 0 Å². The predicted molar refractivity (Wildman–Crippen MR) is 104 cm³/mol. The molecule has 5 heteroatoms. The van der Waals surface area contributed by atoms with Crippen molar-refractivity contribution in [1.29, 1.82) is 0 Å². The number of carbonyl (C=O) groups is 2. The maximum atomic E-state index is 12.5. The lowest BCUT2D eigenvalue weighted by molar-refractivity contribution is -0.137. The Kier molecular flexibility index (Phi) is 6.36. The van der Waals surface area contributed by atoms with Crippen LogP contribution < -0.4 is 10.6 Å². The number of carbonyl (C=O) groups excluding carboxylic acids is 2. The fourth-order valence-corrected chi connectivity index (χ4v) is 3.59. The van der Waals surface area contributed by atoms with E-state index in [0.717, 1.165) is 31.2 Å². The second-order valence-corrected chi connectivity index (χ2v) is 7.76. The van der Waals surface area contributed by atoms with Gasteiger partial charge in [-0.2, -0.15) is 0 Å². The number of allylic oxidation sites excluding steroid dienone is 1. The van der Waals surface area contributed by atoms with Crippen molar-refractivity contribution < 1.29 is 9.59 Å². The van der Waals surface area contributed by atoms with Gasteiger partial charge in [-0.05, 0) is 69.1 Å². The predicted octanol–water partition coefficient (Wildman–Crippen LogP) is 3.79. The molecule has 1 fully saturated rings. The molecule has 2 aliphatic carbocycles. The quantitative estimate of drug-likeness (QED) is 0.537. The molecule has 0 atom stereocenters. The van der Waals surface area contributed by atoms with E-state index in [1.165, 1.54) is 18.4 Å². The van der Waals surface area contributed by atoms with E-state index in [1.807, 2.05) is 24.3 Å². The molecule has 140 valence electrons. The molecule has 0 saturated heterocycles. The molecule has 2 N–H and O–H groups in total. The van der Waals surface area contributed by atoms with Crippen LogP contribution in [0, 0.1) is 5.41 Å². The summed E-state index contributed by atoms with van der Waals surface area (Å²) >= 11 is 5.87. The minimum atomic E-state index is -0.832. The molecule has 3 rings (SSSR count). The lowest BCUT2D eigenvalue weighted by Crippen LogP contribution is -2.43. The monoisotopic (exact) mass is 374 g/mol. The van der Waals surface area contributed by atoms with Crippen molar-refractivity contribution in [1.82, 2.24) is 10.6 Å². The maximum Gasteiger partial charge on any atom is 0.235 e. The summed E-state index contributed by atoms with van der Waals surface area (Å²) in [5, 5.41) is 6.60. The molecule has 1 aromatic rings. The average molecular weight is 375 g/mol. The van der Waals surface area contributed by atoms with Crippen LogP contribution in [0.1, 0.15) is 50.5 Å². The van der Waals surface area contributed by atoms with Crippen LogP contribution in [-0.4, -0.2) is 24.9 Å². The Bertz CT molecular complexity index is 678. The number of benzene rings is 1. The molecule has 26 heavy (non-hydrogen) atoms. The zero-order valence-electron chi connectivity index (χ0n) is 15.2. The number of hydrogen-bond acceptors (Lipinski definition) is 2. The van der Waals surface area contributed by atoms with Crippen LogP contribution >= 0.6 is 11.6 Å². The van der Waals surface area contributed by atoms with Crippen molar-refractivity contribution in [2.24, 2.45) is 5.41 Å². The van der Waals surface area contributed by atoms with Gasteiger partial charge >= 0.3 is 0 Å². The fraction of sp³-hybridized carbons (Fsp3) is 0.524. The lowest BCUT2D eigenvalue weighted by Gasteiger charge is -2.17. The molecular weight excluding hydrogens is 348 g/mol. The summed E-state index contributed by atoms with van der Waals surface area (Å²) in [6.45, 7) is 1.16. The van der Waals surface area contributed by atoms with Gasteiger partial charge in [0.2, 0.25) is 11.8 Å². The van der Waals surface area contributed by atoms with Crippen molar-refractivity contribution in [3.63, 3.8) is 0 Å². The van der Waals surface area contributed by atoms with E-state index >= 15 is 0 Å². The molecular formula is C21H27ClN2O2. The van der Waals surface area contributed by atoms with Gasteiger partial charge in [-0.3, -0.25) is 9.59 Å². The maximum absolute atomic E-state index is 12.5. The lowest BCUT2D eigenvalue weighted by atomic mass is 9.97. The fourth-order valence-electron chi connectivity index (χ4n) is 3.46. The summed E-state index contributed by atoms with van der Waals surface area (Å²) in [6.07, 6.45) is 10.0. The highest BCUT2D eigenvalue weighted by molar-refractivity contribution is 6.30. The van der Waals surface area contributed by atoms with E-state index in [9.17, 15) is 9.59 Å². The van der Waals surface area contributed by atoms with Crippen molar-refractivity contribution in [2.45, 2.75) is 51.4 Å². The van der Waals surface area contributed by atoms with Gasteiger partial charge in [0, 0.05) is 18.1 Å². The number of halogens is 1. The first kappa shape index (κ1) is 19.0. The number of nitrogens with one attached hydrogen (secondary N) is 2. The standard InChI is InChI=1S/C21H27ClN2O2/c22-18-8-6-17(7-9-18)11-15-24-20(26)21(12-13-21)19(25)23-14-10-16-4-2-1-3-5-16/h4,6-9H,1-3,5,10-15H2,(H,23,25)(H,24,26). The van der Waals surface area contributed by atoms with E-state index in [4.69, 9.17) is 11.6 Å². The molecule has 0 spiro atoms. The Labute approximate surface area is 160 Å². The Balaban J connectivity index is 1.40. The van der Waals surface area contributed by atoms with Crippen molar-refractivity contribution >= 4 is 23.4 Å². The molecule has 0 unspecified atom stereocenters. The molecule has 4 nitrogen and oxygen atoms in total. The van der Waals surface area contributed by atoms with Gasteiger partial charge in [0.1, 0.15) is 5.41 Å². The van der Waals surface area contributed by atoms with E-state index in [-0.39, 0.29) is 11.8 Å². The first-order valence-corrected chi connectivity index (χ1v) is 9.97. The van der Waals surface area contributed by atoms with Gasteiger partial charge in [0.15, 0.2) is 0 Å². The Hall–Kier alpha value is -1.81. The Morgan fingerprint density at radius 2 is 1.62 bits per heavy atom. The highest BCUT2D eigenvalue weighted by Crippen LogP contribution is 2.46. The topological polar surface area (TPSA) is 58.2 Å². The van der Waals surface area contributed by atoms with Crippen molar-refractivity contribution in [3.8, 4) is 0 Å². The highest BCUT2D eigenvalue weighted by atomic mass is 35.5. The molecule has 1 aromatic carbocycles. The van der Waals surface area contributed by atoms with Crippen LogP contribution in [0.4, 0.5) is 0 Å². The first-order chi connectivity index (χ1) is 12.6. The van der Waals surface area contributed by atoms with Crippen LogP contribution in [0.25, 0.3) is 0 Å². The Morgan fingerprint density at radius 3 is 2.19 bits per heavy atom. The van der Waals surface area contributed by atoms with Crippen molar-refractivity contribution in [2.75, 3.05) is 13.1 Å². The highest BCUT2D eigenvalue weighted by Gasteiger charge is 2.56. The summed E-state index contributed by atoms with van der Waals surface area (Å²) in [6, 6.07) is 7.59. The van der Waals surface area contributed by atoms with Gasteiger partial charge in [-0.15, -0.1) is 0 Å². The summed E-state index contributed by atoms with van der Waals surface area (Å²) < 4.78 is 0. The first-order valence-electron chi connectivity index (χ1n) is 9.59. The van der Waals surface area contributed by atoms with Gasteiger partial charge in [-0.1, -0.05) is 35.4 Å². The van der Waals surface area contributed by atoms with E-state index < -0.39 is 5.41 Å². The SMILES string of the molecule is O=C(NCCC1=CCCCC1)C1(C(=O)NCCc2ccc(Cl)cc2)CC1. The zero-order chi connectivity index (χ0) is 18.4. The van der Waals surface area contributed by atoms with E-state index in [1.54, 1.807) is 0 Å². The third-order valence-electron chi connectivity index (χ3n) is 5.35. The third kappa shape index (κ3) is 4.88. The van der Waals surface area contributed by atoms with Crippen LogP contribution in [0.2, 0.25) is 5.02 Å². The minimum absolute atomic E-state index is 0.113. The summed E-state index contributed by atoms with van der Waals surface area (Å²) in [5.41, 5.74) is 1.72. The summed E-state index contributed by atoms with van der Waals surface area (Å²) in [7, 11) is 0. The zero-order valence-corrected chi connectivity index (χ0v) is 15.9. The number of hydrogen-bond donors (Lipinski definition) is 2. The molecule has 0 aliphatic heterocycles. The average Bonchev–Trinajstić information content (AvgIpc) is 3.46. The molecule has 0 bridgehead atoms. The smallest absolute Gasteiger partial charge is 0.235 e. The number of amides is 2. The van der Waals surface area contributed by atoms with Gasteiger partial charge in [0.05, 0.1) is 0 Å². The van der Waals surface area contributed by atoms with Crippen molar-refractivity contribution in [3.05, 3.63) is 46.5 Å². The summed E-state index contributed by atoms with van der Waals surface area (Å²) in [4.78, 5) is 24.9. The van der Waals surface area contributed by atoms with E-state index in [2.05, 4.69) is 16.7 Å². The Morgan fingerprint density at radius 1 is 0.962 bits per heavy atom. The van der Waals surface area contributed by atoms with Crippen LogP contribution in [0.15, 0.2) is 35.9 Å². The molecule has 0 heterocycles. The van der Waals surface area contributed by atoms with E-state index in [0.29, 0.717) is 31.0 Å². The largest absolute Gasteiger partial charge is 0.355 e. The van der Waals surface area contributed by atoms with Crippen LogP contribution in [0.3, 0.4) is 0 Å².